The molecule has 0 radical (unpaired) electrons. The smallest absolute Gasteiger partial charge is 0.321 e. The minimum absolute atomic E-state index is 0.107. The number of nitrogens with one attached hydrogen (secondary N) is 2. The van der Waals surface area contributed by atoms with Gasteiger partial charge in [-0.3, -0.25) is 10.1 Å². The molecule has 1 aromatic carbocycles. The molecule has 162 valence electrons. The lowest BCUT2D eigenvalue weighted by Gasteiger charge is -2.22. The summed E-state index contributed by atoms with van der Waals surface area (Å²) in [4.78, 5) is 24.4. The molecular formula is C19H25ClN6O3S. The Labute approximate surface area is 184 Å². The summed E-state index contributed by atoms with van der Waals surface area (Å²) in [6, 6.07) is 6.57. The molecule has 11 heteroatoms. The Kier molecular flexibility index (Phi) is 7.81. The maximum atomic E-state index is 12.3. The van der Waals surface area contributed by atoms with Crippen molar-refractivity contribution >= 4 is 35.3 Å². The first-order chi connectivity index (χ1) is 14.4. The number of rotatable bonds is 7. The fourth-order valence-electron chi connectivity index (χ4n) is 3.06. The standard InChI is InChI=1S/C19H25ClN6O3S/c1-12(17(27)23-18(28)22-14-5-3-2-4-6-14)30-19-25-24-16(26(19)21)11-29-15-9-7-13(20)8-10-15/h7-10,12,14H,2-6,11,21H2,1H3,(H2,22,23,27,28)/t12-/m0/s1. The third-order valence-electron chi connectivity index (χ3n) is 4.75. The monoisotopic (exact) mass is 452 g/mol. The Balaban J connectivity index is 1.48. The van der Waals surface area contributed by atoms with Gasteiger partial charge in [0.15, 0.2) is 5.82 Å². The van der Waals surface area contributed by atoms with Crippen LogP contribution in [-0.4, -0.2) is 38.1 Å². The van der Waals surface area contributed by atoms with Gasteiger partial charge in [0.25, 0.3) is 0 Å². The van der Waals surface area contributed by atoms with Gasteiger partial charge in [-0.2, -0.15) is 0 Å². The fraction of sp³-hybridized carbons (Fsp3) is 0.474. The number of nitrogen functional groups attached to an aromatic ring is 1. The highest BCUT2D eigenvalue weighted by atomic mass is 35.5. The molecule has 0 saturated heterocycles. The van der Waals surface area contributed by atoms with Gasteiger partial charge in [-0.05, 0) is 44.0 Å². The van der Waals surface area contributed by atoms with Crippen LogP contribution in [0.5, 0.6) is 5.75 Å². The van der Waals surface area contributed by atoms with Crippen molar-refractivity contribution in [3.8, 4) is 5.75 Å². The number of hydrogen-bond acceptors (Lipinski definition) is 7. The van der Waals surface area contributed by atoms with E-state index in [1.54, 1.807) is 31.2 Å². The Morgan fingerprint density at radius 2 is 1.97 bits per heavy atom. The van der Waals surface area contributed by atoms with Gasteiger partial charge in [0.1, 0.15) is 12.4 Å². The lowest BCUT2D eigenvalue weighted by atomic mass is 9.96. The van der Waals surface area contributed by atoms with E-state index in [1.807, 2.05) is 0 Å². The van der Waals surface area contributed by atoms with Crippen molar-refractivity contribution in [2.24, 2.45) is 0 Å². The molecule has 0 unspecified atom stereocenters. The Morgan fingerprint density at radius 3 is 2.67 bits per heavy atom. The number of ether oxygens (including phenoxy) is 1. The van der Waals surface area contributed by atoms with Crippen LogP contribution in [0.1, 0.15) is 44.9 Å². The Bertz CT molecular complexity index is 870. The van der Waals surface area contributed by atoms with E-state index in [-0.39, 0.29) is 12.6 Å². The van der Waals surface area contributed by atoms with Crippen molar-refractivity contribution in [2.45, 2.75) is 62.1 Å². The first kappa shape index (κ1) is 22.2. The van der Waals surface area contributed by atoms with E-state index in [4.69, 9.17) is 22.2 Å². The van der Waals surface area contributed by atoms with Crippen molar-refractivity contribution in [2.75, 3.05) is 5.84 Å². The number of halogens is 1. The predicted molar refractivity (Wildman–Crippen MR) is 115 cm³/mol. The minimum Gasteiger partial charge on any atom is -0.486 e. The second kappa shape index (κ2) is 10.5. The number of urea groups is 1. The molecule has 3 rings (SSSR count). The maximum absolute atomic E-state index is 12.3. The molecule has 1 aliphatic carbocycles. The summed E-state index contributed by atoms with van der Waals surface area (Å²) in [7, 11) is 0. The van der Waals surface area contributed by atoms with Crippen LogP contribution in [0.4, 0.5) is 4.79 Å². The van der Waals surface area contributed by atoms with Gasteiger partial charge in [-0.1, -0.05) is 42.6 Å². The van der Waals surface area contributed by atoms with Crippen molar-refractivity contribution < 1.29 is 14.3 Å². The van der Waals surface area contributed by atoms with Gasteiger partial charge >= 0.3 is 6.03 Å². The normalized spacial score (nSPS) is 15.4. The number of amides is 3. The highest BCUT2D eigenvalue weighted by molar-refractivity contribution is 8.00. The van der Waals surface area contributed by atoms with Gasteiger partial charge in [0.2, 0.25) is 11.1 Å². The molecule has 0 bridgehead atoms. The van der Waals surface area contributed by atoms with E-state index < -0.39 is 17.2 Å². The van der Waals surface area contributed by atoms with Crippen molar-refractivity contribution in [1.29, 1.82) is 0 Å². The van der Waals surface area contributed by atoms with Gasteiger partial charge in [-0.15, -0.1) is 10.2 Å². The van der Waals surface area contributed by atoms with Crippen LogP contribution in [0.25, 0.3) is 0 Å². The lowest BCUT2D eigenvalue weighted by molar-refractivity contribution is -0.119. The third-order valence-corrected chi connectivity index (χ3v) is 6.05. The molecule has 3 amide bonds. The topological polar surface area (TPSA) is 124 Å². The number of carbonyl (C=O) groups excluding carboxylic acids is 2. The molecule has 2 aromatic rings. The van der Waals surface area contributed by atoms with Gasteiger partial charge in [-0.25, -0.2) is 9.47 Å². The first-order valence-electron chi connectivity index (χ1n) is 9.78. The molecule has 1 heterocycles. The van der Waals surface area contributed by atoms with Gasteiger partial charge < -0.3 is 15.9 Å². The highest BCUT2D eigenvalue weighted by Gasteiger charge is 2.22. The van der Waals surface area contributed by atoms with Crippen LogP contribution in [0.15, 0.2) is 29.4 Å². The average Bonchev–Trinajstić information content (AvgIpc) is 3.07. The number of thioether (sulfide) groups is 1. The minimum atomic E-state index is -0.585. The molecule has 0 aliphatic heterocycles. The molecule has 9 nitrogen and oxygen atoms in total. The van der Waals surface area contributed by atoms with Crippen molar-refractivity contribution in [1.82, 2.24) is 25.5 Å². The molecule has 1 aromatic heterocycles. The van der Waals surface area contributed by atoms with Gasteiger partial charge in [0.05, 0.1) is 5.25 Å². The summed E-state index contributed by atoms with van der Waals surface area (Å²) in [5.74, 6) is 6.62. The van der Waals surface area contributed by atoms with Crippen LogP contribution in [0, 0.1) is 0 Å². The van der Waals surface area contributed by atoms with E-state index >= 15 is 0 Å². The van der Waals surface area contributed by atoms with Crippen LogP contribution in [-0.2, 0) is 11.4 Å². The van der Waals surface area contributed by atoms with E-state index in [2.05, 4.69) is 20.8 Å². The van der Waals surface area contributed by atoms with E-state index in [0.29, 0.717) is 21.8 Å². The molecule has 1 fully saturated rings. The number of imide groups is 1. The lowest BCUT2D eigenvalue weighted by Crippen LogP contribution is -2.47. The summed E-state index contributed by atoms with van der Waals surface area (Å²) >= 11 is 6.96. The van der Waals surface area contributed by atoms with E-state index in [1.165, 1.54) is 11.1 Å². The van der Waals surface area contributed by atoms with Gasteiger partial charge in [0, 0.05) is 11.1 Å². The van der Waals surface area contributed by atoms with Crippen molar-refractivity contribution in [3.63, 3.8) is 0 Å². The Hall–Kier alpha value is -2.46. The number of carbonyl (C=O) groups is 2. The summed E-state index contributed by atoms with van der Waals surface area (Å²) < 4.78 is 6.89. The summed E-state index contributed by atoms with van der Waals surface area (Å²) in [5, 5.41) is 13.6. The Morgan fingerprint density at radius 1 is 1.27 bits per heavy atom. The largest absolute Gasteiger partial charge is 0.486 e. The number of aromatic nitrogens is 3. The number of nitrogens with zero attached hydrogens (tertiary/aromatic N) is 3. The average molecular weight is 453 g/mol. The molecule has 1 aliphatic rings. The highest BCUT2D eigenvalue weighted by Crippen LogP contribution is 2.22. The second-order valence-corrected chi connectivity index (χ2v) is 8.81. The zero-order valence-corrected chi connectivity index (χ0v) is 18.2. The SMILES string of the molecule is C[C@H](Sc1nnc(COc2ccc(Cl)cc2)n1N)C(=O)NC(=O)NC1CCCCC1. The number of nitrogens with two attached hydrogens (primary N) is 1. The molecule has 1 atom stereocenters. The predicted octanol–water partition coefficient (Wildman–Crippen LogP) is 2.86. The van der Waals surface area contributed by atoms with Crippen molar-refractivity contribution in [3.05, 3.63) is 35.1 Å². The quantitative estimate of drug-likeness (QED) is 0.435. The number of benzene rings is 1. The zero-order chi connectivity index (χ0) is 21.5. The molecule has 1 saturated carbocycles. The number of hydrogen-bond donors (Lipinski definition) is 3. The summed E-state index contributed by atoms with van der Waals surface area (Å²) in [6.07, 6.45) is 5.29. The molecule has 30 heavy (non-hydrogen) atoms. The fourth-order valence-corrected chi connectivity index (χ4v) is 3.97. The molecular weight excluding hydrogens is 428 g/mol. The first-order valence-corrected chi connectivity index (χ1v) is 11.0. The van der Waals surface area contributed by atoms with Crippen LogP contribution < -0.4 is 21.2 Å². The van der Waals surface area contributed by atoms with E-state index in [9.17, 15) is 9.59 Å². The zero-order valence-electron chi connectivity index (χ0n) is 16.6. The molecule has 0 spiro atoms. The summed E-state index contributed by atoms with van der Waals surface area (Å²) in [5.41, 5.74) is 0. The summed E-state index contributed by atoms with van der Waals surface area (Å²) in [6.45, 7) is 1.78. The van der Waals surface area contributed by atoms with Crippen LogP contribution in [0.2, 0.25) is 5.02 Å². The van der Waals surface area contributed by atoms with Crippen LogP contribution in [0.3, 0.4) is 0 Å². The third kappa shape index (κ3) is 6.27. The van der Waals surface area contributed by atoms with E-state index in [0.717, 1.165) is 37.4 Å². The maximum Gasteiger partial charge on any atom is 0.321 e. The van der Waals surface area contributed by atoms with Crippen LogP contribution >= 0.6 is 23.4 Å². The molecule has 4 N–H and O–H groups in total. The second-order valence-electron chi connectivity index (χ2n) is 7.07.